The van der Waals surface area contributed by atoms with Crippen LogP contribution in [0.15, 0.2) is 24.3 Å². The molecule has 54 valence electrons. The molecule has 0 aromatic carbocycles. The third kappa shape index (κ3) is 1.26. The Morgan fingerprint density at radius 2 is 2.00 bits per heavy atom. The summed E-state index contributed by atoms with van der Waals surface area (Å²) in [6, 6.07) is 0. The highest BCUT2D eigenvalue weighted by Crippen LogP contribution is 2.17. The average Bonchev–Trinajstić information content (AvgIpc) is 1.88. The maximum atomic E-state index is 7.21. The van der Waals surface area contributed by atoms with E-state index in [0.717, 1.165) is 0 Å². The minimum Gasteiger partial charge on any atom is -0.387 e. The molecular weight excluding hydrogens is 124 g/mol. The molecule has 0 saturated carbocycles. The summed E-state index contributed by atoms with van der Waals surface area (Å²) in [5.41, 5.74) is 5.36. The topological polar surface area (TPSA) is 49.9 Å². The van der Waals surface area contributed by atoms with Crippen LogP contribution in [0.3, 0.4) is 0 Å². The maximum Gasteiger partial charge on any atom is 0.0981 e. The standard InChI is InChI=1S/C8H12N2/c1-6-4-2-3-5-7(6)8(9)10/h2-7H,1H3,(H3,9,10). The van der Waals surface area contributed by atoms with Crippen LogP contribution < -0.4 is 5.73 Å². The van der Waals surface area contributed by atoms with Crippen LogP contribution >= 0.6 is 0 Å². The van der Waals surface area contributed by atoms with Crippen LogP contribution in [0.5, 0.6) is 0 Å². The van der Waals surface area contributed by atoms with Gasteiger partial charge in [-0.1, -0.05) is 31.2 Å². The Morgan fingerprint density at radius 1 is 1.40 bits per heavy atom. The van der Waals surface area contributed by atoms with Crippen LogP contribution in [0, 0.1) is 17.2 Å². The lowest BCUT2D eigenvalue weighted by molar-refractivity contribution is 0.629. The average molecular weight is 136 g/mol. The highest BCUT2D eigenvalue weighted by Gasteiger charge is 2.15. The van der Waals surface area contributed by atoms with Crippen LogP contribution in [0.25, 0.3) is 0 Å². The van der Waals surface area contributed by atoms with Crippen molar-refractivity contribution in [3.8, 4) is 0 Å². The van der Waals surface area contributed by atoms with E-state index in [-0.39, 0.29) is 11.8 Å². The first-order valence-corrected chi connectivity index (χ1v) is 3.40. The summed E-state index contributed by atoms with van der Waals surface area (Å²) in [6.45, 7) is 2.06. The quantitative estimate of drug-likeness (QED) is 0.414. The lowest BCUT2D eigenvalue weighted by Gasteiger charge is -2.18. The molecule has 0 heterocycles. The molecule has 1 aliphatic carbocycles. The number of allylic oxidation sites excluding steroid dienone is 3. The number of hydrogen-bond donors (Lipinski definition) is 2. The minimum atomic E-state index is 0.116. The molecular formula is C8H12N2. The van der Waals surface area contributed by atoms with E-state index in [0.29, 0.717) is 5.92 Å². The number of nitrogens with two attached hydrogens (primary N) is 1. The number of nitrogens with one attached hydrogen (secondary N) is 1. The molecule has 0 radical (unpaired) electrons. The van der Waals surface area contributed by atoms with Gasteiger partial charge in [-0.05, 0) is 5.92 Å². The van der Waals surface area contributed by atoms with E-state index in [9.17, 15) is 0 Å². The molecule has 2 unspecified atom stereocenters. The van der Waals surface area contributed by atoms with Gasteiger partial charge >= 0.3 is 0 Å². The van der Waals surface area contributed by atoms with Gasteiger partial charge in [0.15, 0.2) is 0 Å². The monoisotopic (exact) mass is 136 g/mol. The van der Waals surface area contributed by atoms with E-state index in [1.807, 2.05) is 18.2 Å². The van der Waals surface area contributed by atoms with Gasteiger partial charge in [0, 0.05) is 5.92 Å². The van der Waals surface area contributed by atoms with Gasteiger partial charge in [0.2, 0.25) is 0 Å². The van der Waals surface area contributed by atoms with E-state index in [1.54, 1.807) is 0 Å². The zero-order chi connectivity index (χ0) is 7.56. The maximum absolute atomic E-state index is 7.21. The van der Waals surface area contributed by atoms with Crippen LogP contribution in [0.4, 0.5) is 0 Å². The molecule has 1 aliphatic rings. The molecule has 2 atom stereocenters. The Hall–Kier alpha value is -1.05. The zero-order valence-corrected chi connectivity index (χ0v) is 6.04. The SMILES string of the molecule is CC1C=CC=CC1C(=N)N. The van der Waals surface area contributed by atoms with Crippen molar-refractivity contribution in [1.29, 1.82) is 5.41 Å². The lowest BCUT2D eigenvalue weighted by Crippen LogP contribution is -2.26. The van der Waals surface area contributed by atoms with Crippen LogP contribution in [-0.2, 0) is 0 Å². The van der Waals surface area contributed by atoms with Crippen LogP contribution in [0.1, 0.15) is 6.92 Å². The van der Waals surface area contributed by atoms with Gasteiger partial charge in [-0.3, -0.25) is 5.41 Å². The molecule has 0 saturated heterocycles. The van der Waals surface area contributed by atoms with E-state index >= 15 is 0 Å². The minimum absolute atomic E-state index is 0.116. The largest absolute Gasteiger partial charge is 0.387 e. The molecule has 0 aromatic rings. The van der Waals surface area contributed by atoms with Crippen molar-refractivity contribution in [2.24, 2.45) is 17.6 Å². The predicted molar refractivity (Wildman–Crippen MR) is 42.8 cm³/mol. The number of amidine groups is 1. The first-order valence-electron chi connectivity index (χ1n) is 3.40. The van der Waals surface area contributed by atoms with Crippen LogP contribution in [0.2, 0.25) is 0 Å². The molecule has 0 amide bonds. The molecule has 0 spiro atoms. The van der Waals surface area contributed by atoms with Crippen molar-refractivity contribution in [2.75, 3.05) is 0 Å². The molecule has 0 fully saturated rings. The van der Waals surface area contributed by atoms with Gasteiger partial charge in [0.1, 0.15) is 0 Å². The van der Waals surface area contributed by atoms with Gasteiger partial charge in [-0.25, -0.2) is 0 Å². The highest BCUT2D eigenvalue weighted by atomic mass is 14.7. The Kier molecular flexibility index (Phi) is 1.90. The van der Waals surface area contributed by atoms with Crippen molar-refractivity contribution < 1.29 is 0 Å². The van der Waals surface area contributed by atoms with Gasteiger partial charge < -0.3 is 5.73 Å². The van der Waals surface area contributed by atoms with Crippen molar-refractivity contribution >= 4 is 5.84 Å². The van der Waals surface area contributed by atoms with Gasteiger partial charge in [-0.2, -0.15) is 0 Å². The van der Waals surface area contributed by atoms with Crippen molar-refractivity contribution in [1.82, 2.24) is 0 Å². The third-order valence-corrected chi connectivity index (χ3v) is 1.77. The molecule has 0 bridgehead atoms. The molecule has 2 heteroatoms. The first-order chi connectivity index (χ1) is 4.72. The molecule has 10 heavy (non-hydrogen) atoms. The highest BCUT2D eigenvalue weighted by molar-refractivity contribution is 5.82. The van der Waals surface area contributed by atoms with Crippen LogP contribution in [-0.4, -0.2) is 5.84 Å². The molecule has 3 N–H and O–H groups in total. The lowest BCUT2D eigenvalue weighted by atomic mass is 9.89. The van der Waals surface area contributed by atoms with Gasteiger partial charge in [0.25, 0.3) is 0 Å². The molecule has 0 aromatic heterocycles. The normalized spacial score (nSPS) is 30.5. The summed E-state index contributed by atoms with van der Waals surface area (Å²) in [6.07, 6.45) is 7.95. The smallest absolute Gasteiger partial charge is 0.0981 e. The molecule has 1 rings (SSSR count). The summed E-state index contributed by atoms with van der Waals surface area (Å²) in [5, 5.41) is 7.21. The first kappa shape index (κ1) is 7.06. The second-order valence-electron chi connectivity index (χ2n) is 2.61. The zero-order valence-electron chi connectivity index (χ0n) is 6.04. The summed E-state index contributed by atoms with van der Waals surface area (Å²) < 4.78 is 0. The molecule has 2 nitrogen and oxygen atoms in total. The van der Waals surface area contributed by atoms with Crippen molar-refractivity contribution in [3.63, 3.8) is 0 Å². The second kappa shape index (κ2) is 2.69. The predicted octanol–water partition coefficient (Wildman–Crippen LogP) is 1.30. The van der Waals surface area contributed by atoms with Gasteiger partial charge in [-0.15, -0.1) is 0 Å². The Bertz CT molecular complexity index is 191. The van der Waals surface area contributed by atoms with E-state index in [1.165, 1.54) is 0 Å². The summed E-state index contributed by atoms with van der Waals surface area (Å²) in [5.74, 6) is 0.751. The van der Waals surface area contributed by atoms with Gasteiger partial charge in [0.05, 0.1) is 5.84 Å². The summed E-state index contributed by atoms with van der Waals surface area (Å²) in [7, 11) is 0. The Labute approximate surface area is 60.9 Å². The number of hydrogen-bond acceptors (Lipinski definition) is 1. The fraction of sp³-hybridized carbons (Fsp3) is 0.375. The van der Waals surface area contributed by atoms with E-state index < -0.39 is 0 Å². The van der Waals surface area contributed by atoms with Crippen molar-refractivity contribution in [3.05, 3.63) is 24.3 Å². The van der Waals surface area contributed by atoms with Crippen molar-refractivity contribution in [2.45, 2.75) is 6.92 Å². The summed E-state index contributed by atoms with van der Waals surface area (Å²) >= 11 is 0. The third-order valence-electron chi connectivity index (χ3n) is 1.77. The summed E-state index contributed by atoms with van der Waals surface area (Å²) in [4.78, 5) is 0. The number of rotatable bonds is 1. The fourth-order valence-electron chi connectivity index (χ4n) is 1.11. The fourth-order valence-corrected chi connectivity index (χ4v) is 1.11. The van der Waals surface area contributed by atoms with E-state index in [4.69, 9.17) is 11.1 Å². The Morgan fingerprint density at radius 3 is 2.40 bits per heavy atom. The Balaban J connectivity index is 2.70. The van der Waals surface area contributed by atoms with E-state index in [2.05, 4.69) is 13.0 Å². The molecule has 0 aliphatic heterocycles. The second-order valence-corrected chi connectivity index (χ2v) is 2.61.